The lowest BCUT2D eigenvalue weighted by Crippen LogP contribution is -2.07. The van der Waals surface area contributed by atoms with Gasteiger partial charge in [-0.3, -0.25) is 14.9 Å². The van der Waals surface area contributed by atoms with E-state index in [2.05, 4.69) is 4.74 Å². The van der Waals surface area contributed by atoms with E-state index in [1.54, 1.807) is 0 Å². The van der Waals surface area contributed by atoms with E-state index in [9.17, 15) is 19.3 Å². The van der Waals surface area contributed by atoms with E-state index in [1.807, 2.05) is 0 Å². The fraction of sp³-hybridized carbons (Fsp3) is 0.300. The molecule has 5 nitrogen and oxygen atoms in total. The molecule has 0 spiro atoms. The minimum absolute atomic E-state index is 0.180. The fourth-order valence-corrected chi connectivity index (χ4v) is 1.32. The number of nitrogens with zero attached hydrogens (tertiary/aromatic N) is 1. The molecule has 1 aromatic carbocycles. The van der Waals surface area contributed by atoms with Crippen molar-refractivity contribution in [3.8, 4) is 0 Å². The van der Waals surface area contributed by atoms with Crippen LogP contribution in [0.3, 0.4) is 0 Å². The van der Waals surface area contributed by atoms with Crippen molar-refractivity contribution in [2.75, 3.05) is 7.11 Å². The molecule has 16 heavy (non-hydrogen) atoms. The highest BCUT2D eigenvalue weighted by Crippen LogP contribution is 2.23. The van der Waals surface area contributed by atoms with Gasteiger partial charge in [0.05, 0.1) is 24.5 Å². The first kappa shape index (κ1) is 12.1. The monoisotopic (exact) mass is 227 g/mol. The second kappa shape index (κ2) is 4.69. The molecule has 0 fully saturated rings. The molecule has 0 aromatic heterocycles. The molecule has 6 heteroatoms. The SMILES string of the molecule is COC(=O)Cc1cc(F)cc([N+](=O)[O-])c1C. The van der Waals surface area contributed by atoms with Crippen molar-refractivity contribution in [1.82, 2.24) is 0 Å². The van der Waals surface area contributed by atoms with Crippen LogP contribution in [-0.2, 0) is 16.0 Å². The minimum atomic E-state index is -0.740. The summed E-state index contributed by atoms with van der Waals surface area (Å²) in [6.07, 6.45) is -0.180. The maximum atomic E-state index is 13.1. The molecule has 0 atom stereocenters. The predicted molar refractivity (Wildman–Crippen MR) is 53.5 cm³/mol. The Bertz CT molecular complexity index is 445. The fourth-order valence-electron chi connectivity index (χ4n) is 1.32. The first-order valence-corrected chi connectivity index (χ1v) is 4.46. The number of halogens is 1. The van der Waals surface area contributed by atoms with Gasteiger partial charge >= 0.3 is 5.97 Å². The topological polar surface area (TPSA) is 69.4 Å². The lowest BCUT2D eigenvalue weighted by molar-refractivity contribution is -0.385. The van der Waals surface area contributed by atoms with Gasteiger partial charge in [0.15, 0.2) is 0 Å². The average Bonchev–Trinajstić information content (AvgIpc) is 2.22. The summed E-state index contributed by atoms with van der Waals surface area (Å²) >= 11 is 0. The Balaban J connectivity index is 3.19. The maximum absolute atomic E-state index is 13.1. The van der Waals surface area contributed by atoms with Crippen LogP contribution >= 0.6 is 0 Å². The van der Waals surface area contributed by atoms with Gasteiger partial charge in [-0.2, -0.15) is 0 Å². The summed E-state index contributed by atoms with van der Waals surface area (Å²) in [6, 6.07) is 1.93. The number of benzene rings is 1. The molecule has 0 saturated heterocycles. The van der Waals surface area contributed by atoms with Gasteiger partial charge < -0.3 is 4.74 Å². The van der Waals surface area contributed by atoms with Gasteiger partial charge in [-0.15, -0.1) is 0 Å². The Kier molecular flexibility index (Phi) is 3.55. The third-order valence-electron chi connectivity index (χ3n) is 2.21. The Morgan fingerprint density at radius 2 is 2.19 bits per heavy atom. The molecule has 0 saturated carbocycles. The molecule has 0 aliphatic carbocycles. The summed E-state index contributed by atoms with van der Waals surface area (Å²) in [5, 5.41) is 10.6. The molecule has 0 radical (unpaired) electrons. The zero-order valence-corrected chi connectivity index (χ0v) is 8.82. The number of ether oxygens (including phenoxy) is 1. The van der Waals surface area contributed by atoms with Gasteiger partial charge in [0, 0.05) is 5.56 Å². The molecule has 0 aliphatic rings. The highest BCUT2D eigenvalue weighted by molar-refractivity contribution is 5.73. The van der Waals surface area contributed by atoms with Gasteiger partial charge in [-0.1, -0.05) is 0 Å². The number of hydrogen-bond acceptors (Lipinski definition) is 4. The Labute approximate surface area is 91.0 Å². The van der Waals surface area contributed by atoms with Crippen LogP contribution in [-0.4, -0.2) is 18.0 Å². The summed E-state index contributed by atoms with van der Waals surface area (Å²) in [4.78, 5) is 20.9. The van der Waals surface area contributed by atoms with Crippen LogP contribution in [0.25, 0.3) is 0 Å². The van der Waals surface area contributed by atoms with Crippen LogP contribution in [0.15, 0.2) is 12.1 Å². The van der Waals surface area contributed by atoms with E-state index in [0.29, 0.717) is 0 Å². The number of carbonyl (C=O) groups excluding carboxylic acids is 1. The molecule has 1 aromatic rings. The number of methoxy groups -OCH3 is 1. The number of rotatable bonds is 3. The minimum Gasteiger partial charge on any atom is -0.469 e. The lowest BCUT2D eigenvalue weighted by Gasteiger charge is -2.05. The molecule has 0 N–H and O–H groups in total. The van der Waals surface area contributed by atoms with E-state index in [1.165, 1.54) is 14.0 Å². The highest BCUT2D eigenvalue weighted by Gasteiger charge is 2.18. The highest BCUT2D eigenvalue weighted by atomic mass is 19.1. The number of hydrogen-bond donors (Lipinski definition) is 0. The number of nitro groups is 1. The van der Waals surface area contributed by atoms with Crippen molar-refractivity contribution < 1.29 is 18.8 Å². The standard InChI is InChI=1S/C10H10FNO4/c1-6-7(4-10(13)16-2)3-8(11)5-9(6)12(14)15/h3,5H,4H2,1-2H3. The number of nitro benzene ring substituents is 1. The quantitative estimate of drug-likeness (QED) is 0.448. The predicted octanol–water partition coefficient (Wildman–Crippen LogP) is 1.76. The van der Waals surface area contributed by atoms with Crippen molar-refractivity contribution in [3.05, 3.63) is 39.2 Å². The van der Waals surface area contributed by atoms with E-state index >= 15 is 0 Å². The Hall–Kier alpha value is -1.98. The summed E-state index contributed by atoms with van der Waals surface area (Å²) in [5.74, 6) is -1.31. The van der Waals surface area contributed by atoms with Crippen LogP contribution in [0, 0.1) is 22.9 Å². The van der Waals surface area contributed by atoms with Crippen LogP contribution in [0.4, 0.5) is 10.1 Å². The first-order chi connectivity index (χ1) is 7.45. The van der Waals surface area contributed by atoms with E-state index in [4.69, 9.17) is 0 Å². The van der Waals surface area contributed by atoms with Crippen molar-refractivity contribution >= 4 is 11.7 Å². The molecule has 0 aliphatic heterocycles. The van der Waals surface area contributed by atoms with E-state index in [-0.39, 0.29) is 23.2 Å². The van der Waals surface area contributed by atoms with E-state index < -0.39 is 16.7 Å². The Morgan fingerprint density at radius 1 is 1.56 bits per heavy atom. The second-order valence-electron chi connectivity index (χ2n) is 3.22. The lowest BCUT2D eigenvalue weighted by atomic mass is 10.0. The van der Waals surface area contributed by atoms with Gasteiger partial charge in [0.1, 0.15) is 5.82 Å². The normalized spacial score (nSPS) is 9.94. The molecule has 0 unspecified atom stereocenters. The van der Waals surface area contributed by atoms with Crippen molar-refractivity contribution in [2.45, 2.75) is 13.3 Å². The molecule has 0 bridgehead atoms. The largest absolute Gasteiger partial charge is 0.469 e. The number of carbonyl (C=O) groups is 1. The molecule has 0 heterocycles. The van der Waals surface area contributed by atoms with Gasteiger partial charge in [0.2, 0.25) is 0 Å². The zero-order valence-electron chi connectivity index (χ0n) is 8.82. The third-order valence-corrected chi connectivity index (χ3v) is 2.21. The van der Waals surface area contributed by atoms with Gasteiger partial charge in [-0.25, -0.2) is 4.39 Å². The van der Waals surface area contributed by atoms with Crippen LogP contribution < -0.4 is 0 Å². The summed E-state index contributed by atoms with van der Waals surface area (Å²) < 4.78 is 17.5. The van der Waals surface area contributed by atoms with Gasteiger partial charge in [0.25, 0.3) is 5.69 Å². The smallest absolute Gasteiger partial charge is 0.309 e. The first-order valence-electron chi connectivity index (χ1n) is 4.46. The summed E-state index contributed by atoms with van der Waals surface area (Å²) in [6.45, 7) is 1.47. The van der Waals surface area contributed by atoms with Crippen molar-refractivity contribution in [3.63, 3.8) is 0 Å². The van der Waals surface area contributed by atoms with Crippen LogP contribution in [0.1, 0.15) is 11.1 Å². The molecular weight excluding hydrogens is 217 g/mol. The maximum Gasteiger partial charge on any atom is 0.309 e. The third kappa shape index (κ3) is 2.53. The molecular formula is C10H10FNO4. The summed E-state index contributed by atoms with van der Waals surface area (Å²) in [5.41, 5.74) is 0.203. The molecule has 0 amide bonds. The van der Waals surface area contributed by atoms with Crippen molar-refractivity contribution in [2.24, 2.45) is 0 Å². The van der Waals surface area contributed by atoms with Gasteiger partial charge in [-0.05, 0) is 18.6 Å². The van der Waals surface area contributed by atoms with Crippen LogP contribution in [0.5, 0.6) is 0 Å². The molecule has 1 rings (SSSR count). The number of esters is 1. The Morgan fingerprint density at radius 3 is 2.69 bits per heavy atom. The average molecular weight is 227 g/mol. The van der Waals surface area contributed by atoms with Crippen molar-refractivity contribution in [1.29, 1.82) is 0 Å². The second-order valence-corrected chi connectivity index (χ2v) is 3.22. The zero-order chi connectivity index (χ0) is 12.3. The van der Waals surface area contributed by atoms with Crippen LogP contribution in [0.2, 0.25) is 0 Å². The van der Waals surface area contributed by atoms with E-state index in [0.717, 1.165) is 12.1 Å². The molecule has 86 valence electrons. The summed E-state index contributed by atoms with van der Waals surface area (Å²) in [7, 11) is 1.20.